The summed E-state index contributed by atoms with van der Waals surface area (Å²) in [5.74, 6) is -1.66. The Morgan fingerprint density at radius 2 is 1.70 bits per heavy atom. The van der Waals surface area contributed by atoms with Crippen molar-refractivity contribution in [2.75, 3.05) is 12.4 Å². The molecule has 2 rings (SSSR count). The molecule has 0 aromatic heterocycles. The van der Waals surface area contributed by atoms with E-state index >= 15 is 0 Å². The fourth-order valence-electron chi connectivity index (χ4n) is 2.28. The van der Waals surface area contributed by atoms with Gasteiger partial charge in [-0.05, 0) is 42.8 Å². The van der Waals surface area contributed by atoms with Gasteiger partial charge in [-0.2, -0.15) is 13.2 Å². The summed E-state index contributed by atoms with van der Waals surface area (Å²) in [5, 5.41) is 4.25. The third kappa shape index (κ3) is 5.37. The number of nitrogens with one attached hydrogen (secondary N) is 2. The topological polar surface area (TPSA) is 67.4 Å². The zero-order chi connectivity index (χ0) is 20.2. The van der Waals surface area contributed by atoms with Crippen molar-refractivity contribution in [2.45, 2.75) is 19.1 Å². The van der Waals surface area contributed by atoms with Gasteiger partial charge in [0.2, 0.25) is 0 Å². The molecule has 2 amide bonds. The van der Waals surface area contributed by atoms with Crippen molar-refractivity contribution in [1.29, 1.82) is 0 Å². The highest BCUT2D eigenvalue weighted by atomic mass is 35.5. The quantitative estimate of drug-likeness (QED) is 0.756. The molecule has 144 valence electrons. The molecule has 9 heteroatoms. The number of rotatable bonds is 4. The molecule has 0 aliphatic heterocycles. The van der Waals surface area contributed by atoms with Crippen molar-refractivity contribution in [3.05, 3.63) is 58.6 Å². The molecule has 0 heterocycles. The summed E-state index contributed by atoms with van der Waals surface area (Å²) in [5.41, 5.74) is -0.997. The second-order valence-electron chi connectivity index (χ2n) is 5.61. The summed E-state index contributed by atoms with van der Waals surface area (Å²) in [6, 6.07) is 9.07. The van der Waals surface area contributed by atoms with E-state index in [2.05, 4.69) is 5.32 Å². The molecule has 0 aliphatic carbocycles. The molecule has 1 atom stereocenters. The number of carbonyl (C=O) groups excluding carboxylic acids is 2. The highest BCUT2D eigenvalue weighted by molar-refractivity contribution is 6.39. The lowest BCUT2D eigenvalue weighted by Gasteiger charge is -2.16. The summed E-state index contributed by atoms with van der Waals surface area (Å²) in [6.45, 7) is 1.64. The van der Waals surface area contributed by atoms with Crippen molar-refractivity contribution in [2.24, 2.45) is 0 Å². The van der Waals surface area contributed by atoms with Crippen molar-refractivity contribution >= 4 is 29.1 Å². The molecule has 0 spiro atoms. The number of methoxy groups -OCH3 is 1. The minimum atomic E-state index is -4.74. The number of benzene rings is 2. The van der Waals surface area contributed by atoms with E-state index in [1.165, 1.54) is 13.2 Å². The summed E-state index contributed by atoms with van der Waals surface area (Å²) in [6.07, 6.45) is -4.74. The Morgan fingerprint density at radius 3 is 2.26 bits per heavy atom. The van der Waals surface area contributed by atoms with E-state index in [-0.39, 0.29) is 5.02 Å². The predicted molar refractivity (Wildman–Crippen MR) is 94.6 cm³/mol. The molecule has 0 saturated carbocycles. The van der Waals surface area contributed by atoms with Crippen molar-refractivity contribution in [3.8, 4) is 5.75 Å². The Labute approximate surface area is 158 Å². The maximum absolute atomic E-state index is 13.1. The first-order valence-corrected chi connectivity index (χ1v) is 8.12. The van der Waals surface area contributed by atoms with Gasteiger partial charge in [-0.15, -0.1) is 0 Å². The van der Waals surface area contributed by atoms with Gasteiger partial charge >= 0.3 is 18.0 Å². The number of halogens is 4. The standard InChI is InChI=1S/C18H16ClF3N2O3/c1-10(11-3-6-13(27-2)7-4-11)23-16(25)17(26)24-15-8-5-12(19)9-14(15)18(20,21)22/h3-10H,1-2H3,(H,23,25)(H,24,26). The molecule has 2 aromatic carbocycles. The normalized spacial score (nSPS) is 12.2. The van der Waals surface area contributed by atoms with Crippen molar-refractivity contribution in [1.82, 2.24) is 5.32 Å². The zero-order valence-electron chi connectivity index (χ0n) is 14.4. The molecule has 0 aliphatic rings. The fraction of sp³-hybridized carbons (Fsp3) is 0.222. The van der Waals surface area contributed by atoms with Crippen LogP contribution in [-0.2, 0) is 15.8 Å². The number of carbonyl (C=O) groups is 2. The second kappa shape index (κ2) is 8.30. The maximum Gasteiger partial charge on any atom is 0.418 e. The lowest BCUT2D eigenvalue weighted by Crippen LogP contribution is -2.37. The van der Waals surface area contributed by atoms with Crippen LogP contribution in [0.1, 0.15) is 24.1 Å². The lowest BCUT2D eigenvalue weighted by molar-refractivity contribution is -0.138. The Balaban J connectivity index is 2.08. The van der Waals surface area contributed by atoms with Crippen LogP contribution >= 0.6 is 11.6 Å². The van der Waals surface area contributed by atoms with Gasteiger partial charge < -0.3 is 15.4 Å². The first-order chi connectivity index (χ1) is 12.6. The molecule has 0 radical (unpaired) electrons. The molecule has 1 unspecified atom stereocenters. The molecule has 2 N–H and O–H groups in total. The van der Waals surface area contributed by atoms with Gasteiger partial charge in [0.25, 0.3) is 0 Å². The highest BCUT2D eigenvalue weighted by Crippen LogP contribution is 2.36. The van der Waals surface area contributed by atoms with E-state index in [0.717, 1.165) is 6.07 Å². The molecule has 0 fully saturated rings. The molecule has 5 nitrogen and oxygen atoms in total. The summed E-state index contributed by atoms with van der Waals surface area (Å²) < 4.78 is 44.2. The third-order valence-corrected chi connectivity index (χ3v) is 3.94. The largest absolute Gasteiger partial charge is 0.497 e. The van der Waals surface area contributed by atoms with Crippen LogP contribution in [0, 0.1) is 0 Å². The first kappa shape index (κ1) is 20.6. The molecule has 0 saturated heterocycles. The Morgan fingerprint density at radius 1 is 1.07 bits per heavy atom. The summed E-state index contributed by atoms with van der Waals surface area (Å²) >= 11 is 5.58. The van der Waals surface area contributed by atoms with Crippen LogP contribution < -0.4 is 15.4 Å². The van der Waals surface area contributed by atoms with E-state index in [0.29, 0.717) is 17.4 Å². The number of alkyl halides is 3. The van der Waals surface area contributed by atoms with Crippen molar-refractivity contribution < 1.29 is 27.5 Å². The molecule has 27 heavy (non-hydrogen) atoms. The van der Waals surface area contributed by atoms with Gasteiger partial charge in [0, 0.05) is 5.02 Å². The summed E-state index contributed by atoms with van der Waals surface area (Å²) in [4.78, 5) is 24.0. The molecular formula is C18H16ClF3N2O3. The summed E-state index contributed by atoms with van der Waals surface area (Å²) in [7, 11) is 1.51. The van der Waals surface area contributed by atoms with E-state index in [4.69, 9.17) is 16.3 Å². The second-order valence-corrected chi connectivity index (χ2v) is 6.05. The Bertz CT molecular complexity index is 839. The molecule has 2 aromatic rings. The Kier molecular flexibility index (Phi) is 6.32. The lowest BCUT2D eigenvalue weighted by atomic mass is 10.1. The van der Waals surface area contributed by atoms with Crippen LogP contribution in [0.4, 0.5) is 18.9 Å². The van der Waals surface area contributed by atoms with E-state index in [9.17, 15) is 22.8 Å². The van der Waals surface area contributed by atoms with E-state index in [1.807, 2.05) is 5.32 Å². The number of hydrogen-bond acceptors (Lipinski definition) is 3. The predicted octanol–water partition coefficient (Wildman–Crippen LogP) is 4.18. The van der Waals surface area contributed by atoms with Crippen LogP contribution in [0.5, 0.6) is 5.75 Å². The van der Waals surface area contributed by atoms with Gasteiger partial charge in [-0.25, -0.2) is 0 Å². The average Bonchev–Trinajstić information content (AvgIpc) is 2.62. The number of anilines is 1. The number of ether oxygens (including phenoxy) is 1. The van der Waals surface area contributed by atoms with Crippen LogP contribution in [0.25, 0.3) is 0 Å². The minimum absolute atomic E-state index is 0.141. The minimum Gasteiger partial charge on any atom is -0.497 e. The smallest absolute Gasteiger partial charge is 0.418 e. The van der Waals surface area contributed by atoms with Gasteiger partial charge in [-0.1, -0.05) is 23.7 Å². The van der Waals surface area contributed by atoms with Gasteiger partial charge in [0.15, 0.2) is 0 Å². The number of amides is 2. The van der Waals surface area contributed by atoms with Crippen LogP contribution in [0.15, 0.2) is 42.5 Å². The number of hydrogen-bond donors (Lipinski definition) is 2. The van der Waals surface area contributed by atoms with Crippen LogP contribution in [0.3, 0.4) is 0 Å². The monoisotopic (exact) mass is 400 g/mol. The molecular weight excluding hydrogens is 385 g/mol. The van der Waals surface area contributed by atoms with E-state index in [1.54, 1.807) is 31.2 Å². The van der Waals surface area contributed by atoms with Gasteiger partial charge in [0.05, 0.1) is 24.4 Å². The first-order valence-electron chi connectivity index (χ1n) is 7.74. The van der Waals surface area contributed by atoms with E-state index < -0.39 is 35.3 Å². The van der Waals surface area contributed by atoms with Gasteiger partial charge in [0.1, 0.15) is 5.75 Å². The average molecular weight is 401 g/mol. The van der Waals surface area contributed by atoms with Crippen LogP contribution in [-0.4, -0.2) is 18.9 Å². The Hall–Kier alpha value is -2.74. The van der Waals surface area contributed by atoms with Crippen molar-refractivity contribution in [3.63, 3.8) is 0 Å². The van der Waals surface area contributed by atoms with Crippen LogP contribution in [0.2, 0.25) is 5.02 Å². The highest BCUT2D eigenvalue weighted by Gasteiger charge is 2.34. The maximum atomic E-state index is 13.1. The SMILES string of the molecule is COc1ccc(C(C)NC(=O)C(=O)Nc2ccc(Cl)cc2C(F)(F)F)cc1. The fourth-order valence-corrected chi connectivity index (χ4v) is 2.45. The van der Waals surface area contributed by atoms with Gasteiger partial charge in [-0.3, -0.25) is 9.59 Å². The third-order valence-electron chi connectivity index (χ3n) is 3.70. The molecule has 0 bridgehead atoms. The zero-order valence-corrected chi connectivity index (χ0v) is 15.1.